The van der Waals surface area contributed by atoms with E-state index in [-0.39, 0.29) is 25.2 Å². The van der Waals surface area contributed by atoms with Crippen molar-refractivity contribution in [1.82, 2.24) is 0 Å². The van der Waals surface area contributed by atoms with Crippen LogP contribution in [0.5, 0.6) is 0 Å². The van der Waals surface area contributed by atoms with Gasteiger partial charge in [0, 0.05) is 12.8 Å². The molecule has 0 aliphatic rings. The Morgan fingerprint density at radius 3 is 1.00 bits per heavy atom. The number of hydrogen-bond acceptors (Lipinski definition) is 5. The average molecular weight is 513 g/mol. The van der Waals surface area contributed by atoms with E-state index in [0.717, 1.165) is 32.1 Å². The fraction of sp³-hybridized carbons (Fsp3) is 0.935. The van der Waals surface area contributed by atoms with E-state index >= 15 is 0 Å². The molecule has 0 aromatic rings. The molecule has 0 aromatic heterocycles. The van der Waals surface area contributed by atoms with Gasteiger partial charge >= 0.3 is 11.9 Å². The molecule has 0 saturated heterocycles. The van der Waals surface area contributed by atoms with Crippen LogP contribution in [0, 0.1) is 0 Å². The highest BCUT2D eigenvalue weighted by atomic mass is 16.6. The smallest absolute Gasteiger partial charge is 0.305 e. The molecule has 5 heteroatoms. The Kier molecular flexibility index (Phi) is 27.6. The Morgan fingerprint density at radius 1 is 0.472 bits per heavy atom. The van der Waals surface area contributed by atoms with Crippen molar-refractivity contribution in [2.24, 2.45) is 0 Å². The van der Waals surface area contributed by atoms with Crippen molar-refractivity contribution in [3.8, 4) is 0 Å². The predicted molar refractivity (Wildman–Crippen MR) is 150 cm³/mol. The lowest BCUT2D eigenvalue weighted by Gasteiger charge is -2.12. The maximum atomic E-state index is 11.8. The molecule has 1 unspecified atom stereocenters. The third-order valence-electron chi connectivity index (χ3n) is 6.84. The van der Waals surface area contributed by atoms with Crippen LogP contribution in [0.25, 0.3) is 0 Å². The number of carbonyl (C=O) groups is 2. The normalized spacial score (nSPS) is 12.0. The minimum atomic E-state index is -0.951. The molecule has 214 valence electrons. The van der Waals surface area contributed by atoms with Crippen LogP contribution < -0.4 is 0 Å². The standard InChI is InChI=1S/C31H60O5/c1-3-5-7-9-11-12-13-14-15-16-17-18-19-20-22-24-26-31(34)36-28-29(32)27-35-30(33)25-23-21-10-8-6-4-2/h29,32H,3-28H2,1-2H3. The van der Waals surface area contributed by atoms with Crippen LogP contribution in [-0.4, -0.2) is 36.4 Å². The molecule has 36 heavy (non-hydrogen) atoms. The molecule has 0 radical (unpaired) electrons. The van der Waals surface area contributed by atoms with Crippen molar-refractivity contribution < 1.29 is 24.2 Å². The van der Waals surface area contributed by atoms with Gasteiger partial charge in [-0.15, -0.1) is 0 Å². The molecule has 5 nitrogen and oxygen atoms in total. The zero-order valence-electron chi connectivity index (χ0n) is 24.0. The molecule has 0 aliphatic carbocycles. The number of rotatable bonds is 28. The number of esters is 2. The van der Waals surface area contributed by atoms with E-state index in [1.807, 2.05) is 0 Å². The van der Waals surface area contributed by atoms with Crippen LogP contribution in [0.4, 0.5) is 0 Å². The van der Waals surface area contributed by atoms with Gasteiger partial charge in [-0.25, -0.2) is 0 Å². The SMILES string of the molecule is CCCCCCCCCCCCCCCCCCC(=O)OCC(O)COC(=O)CCCCCCCC. The van der Waals surface area contributed by atoms with Gasteiger partial charge in [-0.1, -0.05) is 142 Å². The van der Waals surface area contributed by atoms with E-state index < -0.39 is 6.10 Å². The van der Waals surface area contributed by atoms with Gasteiger partial charge in [-0.05, 0) is 12.8 Å². The van der Waals surface area contributed by atoms with E-state index in [1.165, 1.54) is 109 Å². The molecule has 0 heterocycles. The second-order valence-electron chi connectivity index (χ2n) is 10.6. The van der Waals surface area contributed by atoms with Crippen molar-refractivity contribution in [3.05, 3.63) is 0 Å². The molecule has 0 bridgehead atoms. The maximum Gasteiger partial charge on any atom is 0.305 e. The lowest BCUT2D eigenvalue weighted by atomic mass is 10.0. The van der Waals surface area contributed by atoms with E-state index in [9.17, 15) is 14.7 Å². The Balaban J connectivity index is 3.37. The number of carbonyl (C=O) groups excluding carboxylic acids is 2. The lowest BCUT2D eigenvalue weighted by molar-refractivity contribution is -0.152. The first-order chi connectivity index (χ1) is 17.6. The van der Waals surface area contributed by atoms with E-state index in [2.05, 4.69) is 13.8 Å². The van der Waals surface area contributed by atoms with Gasteiger partial charge in [0.05, 0.1) is 0 Å². The second kappa shape index (κ2) is 28.5. The van der Waals surface area contributed by atoms with Crippen molar-refractivity contribution in [2.75, 3.05) is 13.2 Å². The third kappa shape index (κ3) is 27.5. The molecule has 0 aromatic carbocycles. The molecule has 0 rings (SSSR count). The number of hydrogen-bond donors (Lipinski definition) is 1. The summed E-state index contributed by atoms with van der Waals surface area (Å²) in [7, 11) is 0. The summed E-state index contributed by atoms with van der Waals surface area (Å²) in [5.41, 5.74) is 0. The Morgan fingerprint density at radius 2 is 0.722 bits per heavy atom. The van der Waals surface area contributed by atoms with Crippen LogP contribution in [0.15, 0.2) is 0 Å². The molecular weight excluding hydrogens is 452 g/mol. The summed E-state index contributed by atoms with van der Waals surface area (Å²) in [6, 6.07) is 0. The maximum absolute atomic E-state index is 11.8. The van der Waals surface area contributed by atoms with Gasteiger partial charge in [0.15, 0.2) is 0 Å². The van der Waals surface area contributed by atoms with Crippen LogP contribution >= 0.6 is 0 Å². The van der Waals surface area contributed by atoms with Crippen LogP contribution in [-0.2, 0) is 19.1 Å². The molecule has 0 amide bonds. The van der Waals surface area contributed by atoms with Crippen LogP contribution in [0.3, 0.4) is 0 Å². The Hall–Kier alpha value is -1.10. The summed E-state index contributed by atoms with van der Waals surface area (Å²) < 4.78 is 10.2. The van der Waals surface area contributed by atoms with Crippen LogP contribution in [0.1, 0.15) is 168 Å². The van der Waals surface area contributed by atoms with Gasteiger partial charge in [0.25, 0.3) is 0 Å². The highest BCUT2D eigenvalue weighted by molar-refractivity contribution is 5.69. The van der Waals surface area contributed by atoms with E-state index in [1.54, 1.807) is 0 Å². The summed E-state index contributed by atoms with van der Waals surface area (Å²) in [4.78, 5) is 23.6. The van der Waals surface area contributed by atoms with Gasteiger partial charge in [-0.3, -0.25) is 9.59 Å². The second-order valence-corrected chi connectivity index (χ2v) is 10.6. The summed E-state index contributed by atoms with van der Waals surface area (Å²) in [5.74, 6) is -0.568. The Labute approximate surface area is 223 Å². The van der Waals surface area contributed by atoms with Crippen LogP contribution in [0.2, 0.25) is 0 Å². The van der Waals surface area contributed by atoms with Gasteiger partial charge < -0.3 is 14.6 Å². The number of aliphatic hydroxyl groups is 1. The summed E-state index contributed by atoms with van der Waals surface area (Å²) in [6.45, 7) is 4.23. The van der Waals surface area contributed by atoms with Crippen molar-refractivity contribution >= 4 is 11.9 Å². The topological polar surface area (TPSA) is 72.8 Å². The summed E-state index contributed by atoms with van der Waals surface area (Å²) in [6.07, 6.45) is 27.4. The molecule has 0 spiro atoms. The highest BCUT2D eigenvalue weighted by Crippen LogP contribution is 2.14. The lowest BCUT2D eigenvalue weighted by Crippen LogP contribution is -2.25. The highest BCUT2D eigenvalue weighted by Gasteiger charge is 2.12. The quantitative estimate of drug-likeness (QED) is 0.0837. The summed E-state index contributed by atoms with van der Waals surface area (Å²) >= 11 is 0. The largest absolute Gasteiger partial charge is 0.463 e. The monoisotopic (exact) mass is 512 g/mol. The fourth-order valence-electron chi connectivity index (χ4n) is 4.44. The van der Waals surface area contributed by atoms with E-state index in [0.29, 0.717) is 12.8 Å². The molecule has 0 saturated carbocycles. The molecule has 1 atom stereocenters. The predicted octanol–water partition coefficient (Wildman–Crippen LogP) is 8.84. The van der Waals surface area contributed by atoms with Crippen molar-refractivity contribution in [3.63, 3.8) is 0 Å². The molecular formula is C31H60O5. The van der Waals surface area contributed by atoms with Crippen molar-refractivity contribution in [1.29, 1.82) is 0 Å². The van der Waals surface area contributed by atoms with E-state index in [4.69, 9.17) is 9.47 Å². The van der Waals surface area contributed by atoms with Crippen molar-refractivity contribution in [2.45, 2.75) is 174 Å². The zero-order valence-corrected chi connectivity index (χ0v) is 24.0. The van der Waals surface area contributed by atoms with Gasteiger partial charge in [0.1, 0.15) is 19.3 Å². The average Bonchev–Trinajstić information content (AvgIpc) is 2.88. The zero-order chi connectivity index (χ0) is 26.5. The Bertz CT molecular complexity index is 480. The number of aliphatic hydroxyl groups excluding tert-OH is 1. The minimum absolute atomic E-state index is 0.109. The first-order valence-corrected chi connectivity index (χ1v) is 15.6. The summed E-state index contributed by atoms with van der Waals surface area (Å²) in [5, 5.41) is 9.87. The van der Waals surface area contributed by atoms with Gasteiger partial charge in [-0.2, -0.15) is 0 Å². The number of unbranched alkanes of at least 4 members (excludes halogenated alkanes) is 20. The first kappa shape index (κ1) is 34.9. The first-order valence-electron chi connectivity index (χ1n) is 15.6. The van der Waals surface area contributed by atoms with Gasteiger partial charge in [0.2, 0.25) is 0 Å². The molecule has 1 N–H and O–H groups in total. The third-order valence-corrected chi connectivity index (χ3v) is 6.84. The number of ether oxygens (including phenoxy) is 2. The molecule has 0 aliphatic heterocycles. The minimum Gasteiger partial charge on any atom is -0.463 e. The fourth-order valence-corrected chi connectivity index (χ4v) is 4.44. The molecule has 0 fully saturated rings.